The van der Waals surface area contributed by atoms with Gasteiger partial charge in [0.1, 0.15) is 5.60 Å². The predicted octanol–water partition coefficient (Wildman–Crippen LogP) is 2.33. The molecule has 0 spiro atoms. The third kappa shape index (κ3) is 5.22. The number of ether oxygens (including phenoxy) is 1. The van der Waals surface area contributed by atoms with Crippen LogP contribution < -0.4 is 0 Å². The molecule has 1 rings (SSSR count). The first-order chi connectivity index (χ1) is 7.92. The van der Waals surface area contributed by atoms with Crippen molar-refractivity contribution in [1.82, 2.24) is 4.90 Å². The van der Waals surface area contributed by atoms with Gasteiger partial charge in [-0.05, 0) is 40.0 Å². The maximum absolute atomic E-state index is 11.9. The predicted molar refractivity (Wildman–Crippen MR) is 66.8 cm³/mol. The third-order valence-corrected chi connectivity index (χ3v) is 2.66. The average Bonchev–Trinajstić information content (AvgIpc) is 2.41. The lowest BCUT2D eigenvalue weighted by molar-refractivity contribution is 0.0258. The number of carbonyl (C=O) groups is 1. The van der Waals surface area contributed by atoms with E-state index in [0.29, 0.717) is 6.54 Å². The highest BCUT2D eigenvalue weighted by molar-refractivity contribution is 5.68. The number of rotatable bonds is 1. The highest BCUT2D eigenvalue weighted by Crippen LogP contribution is 2.18. The number of hydrogen-bond acceptors (Lipinski definition) is 3. The summed E-state index contributed by atoms with van der Waals surface area (Å²) < 4.78 is 5.35. The van der Waals surface area contributed by atoms with Gasteiger partial charge in [0.2, 0.25) is 0 Å². The highest BCUT2D eigenvalue weighted by atomic mass is 16.6. The zero-order valence-corrected chi connectivity index (χ0v) is 11.0. The second kappa shape index (κ2) is 6.05. The second-order valence-electron chi connectivity index (χ2n) is 5.37. The van der Waals surface area contributed by atoms with E-state index in [4.69, 9.17) is 9.84 Å². The molecule has 4 nitrogen and oxygen atoms in total. The van der Waals surface area contributed by atoms with Crippen LogP contribution in [-0.4, -0.2) is 41.4 Å². The monoisotopic (exact) mass is 241 g/mol. The molecule has 1 aliphatic rings. The first-order valence-corrected chi connectivity index (χ1v) is 6.19. The Balaban J connectivity index is 2.51. The Kier molecular flexibility index (Phi) is 5.00. The molecule has 4 heteroatoms. The average molecular weight is 241 g/mol. The fourth-order valence-corrected chi connectivity index (χ4v) is 1.85. The van der Waals surface area contributed by atoms with Crippen LogP contribution >= 0.6 is 0 Å². The van der Waals surface area contributed by atoms with Gasteiger partial charge in [-0.15, -0.1) is 0 Å². The van der Waals surface area contributed by atoms with Crippen LogP contribution in [0.3, 0.4) is 0 Å². The normalized spacial score (nSPS) is 20.2. The van der Waals surface area contributed by atoms with Gasteiger partial charge < -0.3 is 14.7 Å². The molecule has 1 fully saturated rings. The molecular formula is C13H23NO3. The standard InChI is InChI=1S/C13H23NO3/c1-13(2,3)17-12(16)14-8-4-5-11(6-9-14)7-10-15/h7,15H,4-6,8-10H2,1-3H3. The van der Waals surface area contributed by atoms with E-state index in [1.807, 2.05) is 26.8 Å². The fraction of sp³-hybridized carbons (Fsp3) is 0.769. The Morgan fingerprint density at radius 1 is 1.41 bits per heavy atom. The molecule has 1 aliphatic heterocycles. The first-order valence-electron chi connectivity index (χ1n) is 6.19. The maximum Gasteiger partial charge on any atom is 0.410 e. The molecule has 0 unspecified atom stereocenters. The SMILES string of the molecule is CC(C)(C)OC(=O)N1CCCC(=CCO)CC1. The highest BCUT2D eigenvalue weighted by Gasteiger charge is 2.23. The van der Waals surface area contributed by atoms with Crippen LogP contribution in [0.15, 0.2) is 11.6 Å². The van der Waals surface area contributed by atoms with Crippen molar-refractivity contribution in [3.8, 4) is 0 Å². The summed E-state index contributed by atoms with van der Waals surface area (Å²) in [4.78, 5) is 13.6. The molecule has 1 N–H and O–H groups in total. The lowest BCUT2D eigenvalue weighted by Crippen LogP contribution is -2.37. The van der Waals surface area contributed by atoms with E-state index in [2.05, 4.69) is 0 Å². The summed E-state index contributed by atoms with van der Waals surface area (Å²) in [5, 5.41) is 8.86. The summed E-state index contributed by atoms with van der Waals surface area (Å²) in [6, 6.07) is 0. The van der Waals surface area contributed by atoms with Crippen LogP contribution in [0, 0.1) is 0 Å². The summed E-state index contributed by atoms with van der Waals surface area (Å²) in [6.07, 6.45) is 4.34. The van der Waals surface area contributed by atoms with E-state index >= 15 is 0 Å². The number of nitrogens with zero attached hydrogens (tertiary/aromatic N) is 1. The van der Waals surface area contributed by atoms with Crippen LogP contribution in [0.25, 0.3) is 0 Å². The van der Waals surface area contributed by atoms with Gasteiger partial charge in [-0.1, -0.05) is 11.6 Å². The second-order valence-corrected chi connectivity index (χ2v) is 5.37. The minimum atomic E-state index is -0.437. The molecule has 0 aromatic heterocycles. The van der Waals surface area contributed by atoms with Gasteiger partial charge in [0, 0.05) is 13.1 Å². The molecule has 0 aromatic carbocycles. The summed E-state index contributed by atoms with van der Waals surface area (Å²) in [6.45, 7) is 7.12. The Labute approximate surface area is 103 Å². The molecule has 0 bridgehead atoms. The molecule has 1 saturated heterocycles. The van der Waals surface area contributed by atoms with Gasteiger partial charge in [0.15, 0.2) is 0 Å². The molecule has 1 amide bonds. The summed E-state index contributed by atoms with van der Waals surface area (Å²) in [5.41, 5.74) is 0.797. The molecular weight excluding hydrogens is 218 g/mol. The quantitative estimate of drug-likeness (QED) is 0.717. The topological polar surface area (TPSA) is 49.8 Å². The van der Waals surface area contributed by atoms with Crippen LogP contribution in [0.5, 0.6) is 0 Å². The van der Waals surface area contributed by atoms with Crippen molar-refractivity contribution in [2.75, 3.05) is 19.7 Å². The lowest BCUT2D eigenvalue weighted by Gasteiger charge is -2.26. The molecule has 0 saturated carbocycles. The van der Waals surface area contributed by atoms with Gasteiger partial charge in [0.05, 0.1) is 6.61 Å². The van der Waals surface area contributed by atoms with Crippen LogP contribution in [0.1, 0.15) is 40.0 Å². The van der Waals surface area contributed by atoms with Gasteiger partial charge in [-0.2, -0.15) is 0 Å². The van der Waals surface area contributed by atoms with E-state index in [1.165, 1.54) is 5.57 Å². The fourth-order valence-electron chi connectivity index (χ4n) is 1.85. The summed E-state index contributed by atoms with van der Waals surface area (Å²) in [5.74, 6) is 0. The van der Waals surface area contributed by atoms with Crippen molar-refractivity contribution in [3.05, 3.63) is 11.6 Å². The van der Waals surface area contributed by atoms with Crippen molar-refractivity contribution in [3.63, 3.8) is 0 Å². The first kappa shape index (κ1) is 14.0. The lowest BCUT2D eigenvalue weighted by atomic mass is 10.1. The number of aliphatic hydroxyl groups excluding tert-OH is 1. The Morgan fingerprint density at radius 2 is 2.12 bits per heavy atom. The van der Waals surface area contributed by atoms with Gasteiger partial charge in [0.25, 0.3) is 0 Å². The van der Waals surface area contributed by atoms with Gasteiger partial charge in [-0.25, -0.2) is 4.79 Å². The van der Waals surface area contributed by atoms with E-state index in [1.54, 1.807) is 4.90 Å². The molecule has 98 valence electrons. The summed E-state index contributed by atoms with van der Waals surface area (Å²) in [7, 11) is 0. The Bertz CT molecular complexity index is 292. The van der Waals surface area contributed by atoms with Gasteiger partial charge >= 0.3 is 6.09 Å². The number of amides is 1. The number of carbonyl (C=O) groups excluding carboxylic acids is 1. The van der Waals surface area contributed by atoms with Crippen molar-refractivity contribution in [2.24, 2.45) is 0 Å². The Hall–Kier alpha value is -1.03. The van der Waals surface area contributed by atoms with E-state index in [9.17, 15) is 4.79 Å². The molecule has 17 heavy (non-hydrogen) atoms. The van der Waals surface area contributed by atoms with E-state index in [-0.39, 0.29) is 12.7 Å². The molecule has 0 aliphatic carbocycles. The van der Waals surface area contributed by atoms with Crippen molar-refractivity contribution >= 4 is 6.09 Å². The molecule has 0 radical (unpaired) electrons. The van der Waals surface area contributed by atoms with Gasteiger partial charge in [-0.3, -0.25) is 0 Å². The molecule has 0 aromatic rings. The third-order valence-electron chi connectivity index (χ3n) is 2.66. The maximum atomic E-state index is 11.9. The number of hydrogen-bond donors (Lipinski definition) is 1. The zero-order chi connectivity index (χ0) is 12.9. The van der Waals surface area contributed by atoms with Crippen molar-refractivity contribution < 1.29 is 14.6 Å². The van der Waals surface area contributed by atoms with E-state index < -0.39 is 5.60 Å². The van der Waals surface area contributed by atoms with Crippen molar-refractivity contribution in [2.45, 2.75) is 45.6 Å². The van der Waals surface area contributed by atoms with E-state index in [0.717, 1.165) is 25.8 Å². The minimum Gasteiger partial charge on any atom is -0.444 e. The molecule has 0 atom stereocenters. The molecule has 1 heterocycles. The largest absolute Gasteiger partial charge is 0.444 e. The number of likely N-dealkylation sites (tertiary alicyclic amines) is 1. The Morgan fingerprint density at radius 3 is 2.71 bits per heavy atom. The van der Waals surface area contributed by atoms with Crippen molar-refractivity contribution in [1.29, 1.82) is 0 Å². The smallest absolute Gasteiger partial charge is 0.410 e. The van der Waals surface area contributed by atoms with Crippen LogP contribution in [-0.2, 0) is 4.74 Å². The summed E-state index contributed by atoms with van der Waals surface area (Å²) >= 11 is 0. The number of aliphatic hydroxyl groups is 1. The minimum absolute atomic E-state index is 0.0851. The van der Waals surface area contributed by atoms with Crippen LogP contribution in [0.4, 0.5) is 4.79 Å². The van der Waals surface area contributed by atoms with Crippen LogP contribution in [0.2, 0.25) is 0 Å². The zero-order valence-electron chi connectivity index (χ0n) is 11.0.